The molecule has 9 unspecified atom stereocenters. The Hall–Kier alpha value is -2.14. The fourth-order valence-electron chi connectivity index (χ4n) is 4.08. The van der Waals surface area contributed by atoms with Gasteiger partial charge in [-0.2, -0.15) is 0 Å². The molecule has 1 aromatic carbocycles. The maximum Gasteiger partial charge on any atom is 0.228 e. The molecule has 0 saturated carbocycles. The lowest BCUT2D eigenvalue weighted by Gasteiger charge is -2.46. The van der Waals surface area contributed by atoms with Gasteiger partial charge < -0.3 is 72.1 Å². The summed E-state index contributed by atoms with van der Waals surface area (Å²) in [6.07, 6.45) is -7.16. The summed E-state index contributed by atoms with van der Waals surface area (Å²) < 4.78 is 22.3. The first kappa shape index (κ1) is 26.5. The summed E-state index contributed by atoms with van der Waals surface area (Å²) in [5.74, 6) is -1.37. The van der Waals surface area contributed by atoms with Crippen molar-refractivity contribution in [2.24, 2.45) is 5.73 Å². The SMILES string of the molecule is CNC1C(O)C(Oc2c(N)cc(N)c(OC3OC(C)(CO)C(O)C(O)C3N)c2O)OCC1(C)O. The van der Waals surface area contributed by atoms with E-state index in [0.717, 1.165) is 0 Å². The van der Waals surface area contributed by atoms with Gasteiger partial charge in [0.2, 0.25) is 18.3 Å². The van der Waals surface area contributed by atoms with Crippen LogP contribution in [0.4, 0.5) is 11.4 Å². The summed E-state index contributed by atoms with van der Waals surface area (Å²) in [5, 5.41) is 64.7. The molecule has 194 valence electrons. The maximum absolute atomic E-state index is 10.8. The van der Waals surface area contributed by atoms with E-state index in [9.17, 15) is 30.6 Å². The number of nitrogens with one attached hydrogen (secondary N) is 1. The van der Waals surface area contributed by atoms with Crippen LogP contribution < -0.4 is 32.0 Å². The van der Waals surface area contributed by atoms with Crippen molar-refractivity contribution in [3.8, 4) is 17.2 Å². The molecule has 0 amide bonds. The fraction of sp³-hybridized carbons (Fsp3) is 0.700. The monoisotopic (exact) mass is 490 g/mol. The van der Waals surface area contributed by atoms with Gasteiger partial charge in [-0.1, -0.05) is 0 Å². The number of ether oxygens (including phenoxy) is 4. The molecule has 0 aromatic heterocycles. The van der Waals surface area contributed by atoms with Crippen LogP contribution in [0.25, 0.3) is 0 Å². The molecule has 0 radical (unpaired) electrons. The van der Waals surface area contributed by atoms with Gasteiger partial charge in [-0.25, -0.2) is 0 Å². The van der Waals surface area contributed by atoms with Crippen LogP contribution in [-0.4, -0.2) is 105 Å². The molecule has 0 bridgehead atoms. The number of phenolic OH excluding ortho intramolecular Hbond substituents is 1. The van der Waals surface area contributed by atoms with Gasteiger partial charge in [0.25, 0.3) is 0 Å². The summed E-state index contributed by atoms with van der Waals surface area (Å²) in [6.45, 7) is 1.97. The Morgan fingerprint density at radius 3 is 2.18 bits per heavy atom. The number of hydrogen-bond acceptors (Lipinski definition) is 14. The molecule has 34 heavy (non-hydrogen) atoms. The standard InChI is InChI=1S/C20H34N4O10/c1-19(30)6-31-18(12(28)15(19)24-3)33-14-8(22)4-7(21)13(11(14)27)32-17-9(23)10(26)16(29)20(2,5-25)34-17/h4,9-10,12,15-18,24-30H,5-6,21-23H2,1-3H3. The Morgan fingerprint density at radius 2 is 1.65 bits per heavy atom. The molecular formula is C20H34N4O10. The summed E-state index contributed by atoms with van der Waals surface area (Å²) in [6, 6.07) is -0.884. The molecular weight excluding hydrogens is 456 g/mol. The molecule has 2 aliphatic rings. The van der Waals surface area contributed by atoms with Crippen LogP contribution in [0.1, 0.15) is 13.8 Å². The van der Waals surface area contributed by atoms with Gasteiger partial charge in [0, 0.05) is 0 Å². The molecule has 0 aliphatic carbocycles. The lowest BCUT2D eigenvalue weighted by atomic mass is 9.88. The molecule has 14 nitrogen and oxygen atoms in total. The van der Waals surface area contributed by atoms with Crippen molar-refractivity contribution in [3.63, 3.8) is 0 Å². The molecule has 2 heterocycles. The highest BCUT2D eigenvalue weighted by Gasteiger charge is 2.51. The quantitative estimate of drug-likeness (QED) is 0.174. The van der Waals surface area contributed by atoms with Crippen molar-refractivity contribution in [2.75, 3.05) is 31.7 Å². The second-order valence-corrected chi connectivity index (χ2v) is 9.06. The maximum atomic E-state index is 10.8. The zero-order chi connectivity index (χ0) is 25.6. The molecule has 14 heteroatoms. The predicted octanol–water partition coefficient (Wildman–Crippen LogP) is -3.47. The van der Waals surface area contributed by atoms with Gasteiger partial charge in [-0.05, 0) is 27.0 Å². The van der Waals surface area contributed by atoms with Gasteiger partial charge >= 0.3 is 0 Å². The van der Waals surface area contributed by atoms with Crippen molar-refractivity contribution < 1.29 is 49.6 Å². The summed E-state index contributed by atoms with van der Waals surface area (Å²) in [7, 11) is 1.55. The van der Waals surface area contributed by atoms with Crippen molar-refractivity contribution in [2.45, 2.75) is 68.0 Å². The number of rotatable bonds is 6. The zero-order valence-corrected chi connectivity index (χ0v) is 19.1. The van der Waals surface area contributed by atoms with E-state index in [1.165, 1.54) is 19.9 Å². The fourth-order valence-corrected chi connectivity index (χ4v) is 4.08. The van der Waals surface area contributed by atoms with E-state index in [2.05, 4.69) is 5.32 Å². The van der Waals surface area contributed by atoms with Crippen molar-refractivity contribution in [1.82, 2.24) is 5.32 Å². The van der Waals surface area contributed by atoms with E-state index in [1.54, 1.807) is 7.05 Å². The van der Waals surface area contributed by atoms with Gasteiger partial charge in [-0.15, -0.1) is 0 Å². The number of benzene rings is 1. The Kier molecular flexibility index (Phi) is 7.38. The van der Waals surface area contributed by atoms with Crippen molar-refractivity contribution >= 4 is 11.4 Å². The minimum absolute atomic E-state index is 0.110. The number of aliphatic hydroxyl groups excluding tert-OH is 4. The smallest absolute Gasteiger partial charge is 0.228 e. The highest BCUT2D eigenvalue weighted by molar-refractivity contribution is 5.75. The first-order valence-corrected chi connectivity index (χ1v) is 10.6. The van der Waals surface area contributed by atoms with Crippen LogP contribution in [0.5, 0.6) is 17.2 Å². The van der Waals surface area contributed by atoms with Gasteiger partial charge in [0.05, 0.1) is 36.7 Å². The van der Waals surface area contributed by atoms with Crippen molar-refractivity contribution in [1.29, 1.82) is 0 Å². The number of anilines is 2. The Morgan fingerprint density at radius 1 is 1.09 bits per heavy atom. The minimum Gasteiger partial charge on any atom is -0.502 e. The van der Waals surface area contributed by atoms with Crippen LogP contribution in [0.2, 0.25) is 0 Å². The third-order valence-electron chi connectivity index (χ3n) is 6.23. The minimum atomic E-state index is -1.61. The number of nitrogen functional groups attached to an aromatic ring is 2. The number of aromatic hydroxyl groups is 1. The number of aliphatic hydroxyl groups is 5. The van der Waals surface area contributed by atoms with E-state index in [0.29, 0.717) is 0 Å². The summed E-state index contributed by atoms with van der Waals surface area (Å²) >= 11 is 0. The molecule has 0 spiro atoms. The Labute approximate surface area is 195 Å². The lowest BCUT2D eigenvalue weighted by Crippen LogP contribution is -2.68. The predicted molar refractivity (Wildman–Crippen MR) is 118 cm³/mol. The number of hydrogen-bond donors (Lipinski definition) is 10. The number of likely N-dealkylation sites (N-methyl/N-ethyl adjacent to an activating group) is 1. The molecule has 13 N–H and O–H groups in total. The molecule has 1 aromatic rings. The number of nitrogens with two attached hydrogens (primary N) is 3. The molecule has 2 aliphatic heterocycles. The van der Waals surface area contributed by atoms with E-state index in [1.807, 2.05) is 0 Å². The second kappa shape index (κ2) is 9.49. The van der Waals surface area contributed by atoms with E-state index < -0.39 is 66.5 Å². The molecule has 2 fully saturated rings. The Bertz CT molecular complexity index is 889. The number of phenols is 1. The highest BCUT2D eigenvalue weighted by Crippen LogP contribution is 2.47. The van der Waals surface area contributed by atoms with Crippen LogP contribution in [0.3, 0.4) is 0 Å². The third kappa shape index (κ3) is 4.56. The van der Waals surface area contributed by atoms with Crippen molar-refractivity contribution in [3.05, 3.63) is 6.07 Å². The van der Waals surface area contributed by atoms with Crippen LogP contribution in [0, 0.1) is 0 Å². The van der Waals surface area contributed by atoms with E-state index in [-0.39, 0.29) is 29.5 Å². The summed E-state index contributed by atoms with van der Waals surface area (Å²) in [5.41, 5.74) is 14.6. The second-order valence-electron chi connectivity index (χ2n) is 9.06. The van der Waals surface area contributed by atoms with Crippen LogP contribution >= 0.6 is 0 Å². The molecule has 9 atom stereocenters. The van der Waals surface area contributed by atoms with Crippen LogP contribution in [-0.2, 0) is 9.47 Å². The third-order valence-corrected chi connectivity index (χ3v) is 6.23. The average Bonchev–Trinajstić information content (AvgIpc) is 2.77. The van der Waals surface area contributed by atoms with E-state index >= 15 is 0 Å². The largest absolute Gasteiger partial charge is 0.502 e. The molecule has 2 saturated heterocycles. The topological polar surface area (TPSA) is 248 Å². The van der Waals surface area contributed by atoms with Gasteiger partial charge in [0.1, 0.15) is 29.5 Å². The van der Waals surface area contributed by atoms with Gasteiger partial charge in [0.15, 0.2) is 11.5 Å². The zero-order valence-electron chi connectivity index (χ0n) is 19.1. The first-order valence-electron chi connectivity index (χ1n) is 10.6. The normalized spacial score (nSPS) is 40.7. The average molecular weight is 491 g/mol. The van der Waals surface area contributed by atoms with Crippen LogP contribution in [0.15, 0.2) is 6.07 Å². The van der Waals surface area contributed by atoms with E-state index in [4.69, 9.17) is 36.1 Å². The first-order chi connectivity index (χ1) is 15.8. The lowest BCUT2D eigenvalue weighted by molar-refractivity contribution is -0.282. The molecule has 3 rings (SSSR count). The summed E-state index contributed by atoms with van der Waals surface area (Å²) in [4.78, 5) is 0. The highest BCUT2D eigenvalue weighted by atomic mass is 16.7. The van der Waals surface area contributed by atoms with Gasteiger partial charge in [-0.3, -0.25) is 0 Å². The Balaban J connectivity index is 1.89.